The molecule has 3 heterocycles. The van der Waals surface area contributed by atoms with Crippen molar-refractivity contribution in [3.8, 4) is 27.9 Å². The third-order valence-corrected chi connectivity index (χ3v) is 41.8. The maximum absolute atomic E-state index is 13.2. The van der Waals surface area contributed by atoms with Crippen molar-refractivity contribution in [3.63, 3.8) is 0 Å². The van der Waals surface area contributed by atoms with Gasteiger partial charge in [-0.15, -0.1) is 0 Å². The Labute approximate surface area is 922 Å². The maximum Gasteiger partial charge on any atom is 0.345 e. The maximum atomic E-state index is 13.2. The Balaban J connectivity index is 0.000000126. The van der Waals surface area contributed by atoms with Crippen molar-refractivity contribution < 1.29 is 50.8 Å². The Morgan fingerprint density at radius 3 is 1.02 bits per heavy atom. The van der Waals surface area contributed by atoms with Crippen LogP contribution in [0.2, 0.25) is 0 Å². The van der Waals surface area contributed by atoms with Crippen molar-refractivity contribution in [3.05, 3.63) is 417 Å². The second kappa shape index (κ2) is 44.3. The predicted molar refractivity (Wildman–Crippen MR) is 618 cm³/mol. The van der Waals surface area contributed by atoms with Crippen molar-refractivity contribution in [2.45, 2.75) is 63.6 Å². The lowest BCUT2D eigenvalue weighted by Crippen LogP contribution is -2.20. The molecule has 640 valence electrons. The highest BCUT2D eigenvalue weighted by molar-refractivity contribution is 14.1. The van der Waals surface area contributed by atoms with Gasteiger partial charge in [-0.2, -0.15) is 0 Å². The Morgan fingerprint density at radius 2 is 0.612 bits per heavy atom. The van der Waals surface area contributed by atoms with Crippen LogP contribution < -0.4 is 18.9 Å². The molecule has 0 spiro atoms. The molecule has 2 aliphatic heterocycles. The lowest BCUT2D eigenvalue weighted by Gasteiger charge is -2.19. The van der Waals surface area contributed by atoms with Crippen LogP contribution in [0.3, 0.4) is 0 Å². The first-order chi connectivity index (χ1) is 62.3. The van der Waals surface area contributed by atoms with E-state index in [9.17, 15) is 31.8 Å². The Bertz CT molecular complexity index is 7110. The fourth-order valence-electron chi connectivity index (χ4n) is 14.0. The largest absolute Gasteiger partial charge is 0.423 e. The molecule has 129 heavy (non-hydrogen) atoms. The van der Waals surface area contributed by atoms with Crippen LogP contribution in [0, 0.1) is 42.8 Å². The van der Waals surface area contributed by atoms with E-state index in [0.717, 1.165) is 91.8 Å². The van der Waals surface area contributed by atoms with Gasteiger partial charge in [0.05, 0.1) is 68.0 Å². The summed E-state index contributed by atoms with van der Waals surface area (Å²) >= 11 is 26.5. The molecule has 29 heteroatoms. The molecule has 11 nitrogen and oxygen atoms in total. The highest BCUT2D eigenvalue weighted by Crippen LogP contribution is 2.51. The van der Waals surface area contributed by atoms with Gasteiger partial charge in [0.25, 0.3) is 0 Å². The van der Waals surface area contributed by atoms with E-state index in [2.05, 4.69) is 392 Å². The van der Waals surface area contributed by atoms with Gasteiger partial charge in [0, 0.05) is 61.9 Å². The van der Waals surface area contributed by atoms with Crippen LogP contribution in [0.25, 0.3) is 25.1 Å². The van der Waals surface area contributed by atoms with E-state index >= 15 is 0 Å². The van der Waals surface area contributed by atoms with Crippen molar-refractivity contribution in [2.75, 3.05) is 0 Å². The van der Waals surface area contributed by atoms with Crippen LogP contribution in [-0.4, -0.2) is 36.5 Å². The van der Waals surface area contributed by atoms with Crippen LogP contribution in [0.4, 0.5) is 0 Å². The van der Waals surface area contributed by atoms with Crippen molar-refractivity contribution in [1.82, 2.24) is 0 Å². The number of halogens is 12. The minimum atomic E-state index is -3.58. The zero-order valence-corrected chi connectivity index (χ0v) is 96.8. The number of fused-ring (bicyclic) bond motifs is 7. The average Bonchev–Trinajstić information content (AvgIpc) is 1.14. The number of benzene rings is 16. The van der Waals surface area contributed by atoms with Gasteiger partial charge in [-0.3, -0.25) is 0 Å². The lowest BCUT2D eigenvalue weighted by molar-refractivity contribution is 0.0722. The third-order valence-electron chi connectivity index (χ3n) is 19.6. The van der Waals surface area contributed by atoms with Crippen molar-refractivity contribution >= 4 is 379 Å². The number of thiophene rings is 1. The lowest BCUT2D eigenvalue weighted by atomic mass is 10.2. The second-order valence-electron chi connectivity index (χ2n) is 27.8. The van der Waals surface area contributed by atoms with Gasteiger partial charge in [-0.25, -0.2) is 31.8 Å². The molecule has 1 aromatic heterocycles. The van der Waals surface area contributed by atoms with E-state index in [1.165, 1.54) is 30.0 Å². The first-order valence-electron chi connectivity index (χ1n) is 38.4. The zero-order chi connectivity index (χ0) is 90.5. The first-order valence-corrected chi connectivity index (χ1v) is 58.9. The normalized spacial score (nSPS) is 13.3. The van der Waals surface area contributed by atoms with Crippen LogP contribution in [0.5, 0.6) is 23.0 Å². The fourth-order valence-corrected chi connectivity index (χ4v) is 43.1. The van der Waals surface area contributed by atoms with Gasteiger partial charge in [0.1, 0.15) is 43.1 Å². The molecule has 2 aliphatic rings. The summed E-state index contributed by atoms with van der Waals surface area (Å²) in [6.45, 7) is 0. The molecule has 0 fully saturated rings. The summed E-state index contributed by atoms with van der Waals surface area (Å²) in [4.78, 5) is 64.4. The predicted octanol–water partition coefficient (Wildman–Crippen LogP) is 30.8. The molecule has 19 rings (SSSR count). The highest BCUT2D eigenvalue weighted by atomic mass is 127. The number of sulfone groups is 1. The molecule has 16 aromatic carbocycles. The summed E-state index contributed by atoms with van der Waals surface area (Å²) in [6, 6.07) is 115. The number of rotatable bonds is 14. The monoisotopic (exact) mass is 3150 g/mol. The van der Waals surface area contributed by atoms with Crippen molar-refractivity contribution in [1.29, 1.82) is 0 Å². The average molecular weight is 3150 g/mol. The molecule has 0 saturated heterocycles. The van der Waals surface area contributed by atoms with E-state index in [1.807, 2.05) is 194 Å². The minimum absolute atomic E-state index is 0.217. The van der Waals surface area contributed by atoms with E-state index < -0.39 is 48.4 Å². The number of esters is 4. The molecule has 0 amide bonds. The highest BCUT2D eigenvalue weighted by Gasteiger charge is 2.46. The Kier molecular flexibility index (Phi) is 33.5. The molecule has 0 unspecified atom stereocenters. The standard InChI is InChI=1S/C25H14I3O4S2.C25H14I3O3S2.C25H14I3O2S.C25H16I3O2S/c26-16-13-18(27)24(19(28)14-16)32-25(29)15-9-11-17(12-10-15)33-20-5-1-3-7-22(20)34(30,31)23-8-4-2-6-21(23)33;26-16-13-18(27)24(19(28)14-16)31-25(29)15-9-11-17(12-10-15)32-20-5-1-3-7-22(20)33(30)23-8-4-2-6-21(23)32;26-15-12-20(27)24(21(28)13-15)25(29)30-16-6-5-7-17(14-16)31-22-10-3-1-8-18(22)19-9-2-4-11-23(19)31;26-17-14-22(27)24(23(28)15-17)25(29)30-18-8-7-13-21(16-18)31(19-9-3-1-4-10-19)20-11-5-2-6-12-20/h1-14H;1-14H;1-14H;1-16H/q4*+1. The van der Waals surface area contributed by atoms with Crippen LogP contribution in [-0.2, 0) is 53.3 Å². The summed E-state index contributed by atoms with van der Waals surface area (Å²) in [7, 11) is -6.29. The van der Waals surface area contributed by atoms with Gasteiger partial charge < -0.3 is 18.9 Å². The smallest absolute Gasteiger partial charge is 0.345 e. The molecular formula is C100H58I12O11S6+4. The SMILES string of the molecule is O=C(Oc1c(I)cc(I)cc1I)c1ccc([S+]2c3ccccc3S(=O)(=O)c3ccccc32)cc1.O=C(Oc1c(I)cc(I)cc1I)c1ccc([S+]2c3ccccc3S(=O)c3ccccc32)cc1.O=C(Oc1cccc(-[s+]2c3ccccc3c3ccccc32)c1)c1c(I)cc(I)cc1I.O=C(Oc1cccc([S+](c2ccccc2)c2ccccc2)c1)c1c(I)cc(I)cc1I. The van der Waals surface area contributed by atoms with E-state index in [1.54, 1.807) is 36.4 Å². The summed E-state index contributed by atoms with van der Waals surface area (Å²) in [6.07, 6.45) is 0. The van der Waals surface area contributed by atoms with Gasteiger partial charge >= 0.3 is 23.9 Å². The molecule has 17 aromatic rings. The Hall–Kier alpha value is -4.47. The summed E-state index contributed by atoms with van der Waals surface area (Å²) in [5, 5.41) is 2.57. The summed E-state index contributed by atoms with van der Waals surface area (Å²) in [5.74, 6) is 0.799. The van der Waals surface area contributed by atoms with Gasteiger partial charge in [0.15, 0.2) is 69.9 Å². The Morgan fingerprint density at radius 1 is 0.287 bits per heavy atom. The van der Waals surface area contributed by atoms with Crippen LogP contribution >= 0.6 is 282 Å². The zero-order valence-electron chi connectivity index (χ0n) is 66.0. The number of ether oxygens (including phenoxy) is 4. The van der Waals surface area contributed by atoms with E-state index in [0.29, 0.717) is 55.0 Å². The topological polar surface area (TPSA) is 156 Å². The fraction of sp³-hybridized carbons (Fsp3) is 0. The van der Waals surface area contributed by atoms with Crippen LogP contribution in [0.15, 0.2) is 415 Å². The molecule has 0 radical (unpaired) electrons. The van der Waals surface area contributed by atoms with Crippen LogP contribution in [0.1, 0.15) is 41.4 Å². The number of hydrogen-bond acceptors (Lipinski definition) is 11. The molecule has 0 N–H and O–H groups in total. The summed E-state index contributed by atoms with van der Waals surface area (Å²) < 4.78 is 76.8. The molecule has 0 bridgehead atoms. The number of carbonyl (C=O) groups excluding carboxylic acids is 4. The van der Waals surface area contributed by atoms with E-state index in [4.69, 9.17) is 18.9 Å². The van der Waals surface area contributed by atoms with E-state index in [-0.39, 0.29) is 39.3 Å². The van der Waals surface area contributed by atoms with Gasteiger partial charge in [-0.05, 0) is 489 Å². The minimum Gasteiger partial charge on any atom is -0.423 e. The van der Waals surface area contributed by atoms with Crippen molar-refractivity contribution in [2.24, 2.45) is 0 Å². The summed E-state index contributed by atoms with van der Waals surface area (Å²) in [5.41, 5.74) is 2.15. The molecular weight excluding hydrogens is 3090 g/mol. The first kappa shape index (κ1) is 97.6. The van der Waals surface area contributed by atoms with Gasteiger partial charge in [-0.1, -0.05) is 121 Å². The third kappa shape index (κ3) is 22.4. The quantitative estimate of drug-likeness (QED) is 0.0442. The second-order valence-corrected chi connectivity index (χ2v) is 53.3. The molecule has 0 atom stereocenters. The van der Waals surface area contributed by atoms with Gasteiger partial charge in [0.2, 0.25) is 9.84 Å². The number of hydrogen-bond donors (Lipinski definition) is 0. The molecule has 0 saturated carbocycles. The molecule has 0 aliphatic carbocycles. The number of carbonyl (C=O) groups is 4.